The number of hydrogen-bond acceptors (Lipinski definition) is 4. The molecule has 170 valence electrons. The number of para-hydroxylation sites is 2. The number of ether oxygens (including phenoxy) is 1. The van der Waals surface area contributed by atoms with Crippen molar-refractivity contribution in [1.29, 1.82) is 0 Å². The summed E-state index contributed by atoms with van der Waals surface area (Å²) in [4.78, 5) is 20.6. The maximum absolute atomic E-state index is 13.4. The third kappa shape index (κ3) is 5.49. The zero-order valence-corrected chi connectivity index (χ0v) is 18.6. The Hall–Kier alpha value is -3.87. The Morgan fingerprint density at radius 2 is 1.85 bits per heavy atom. The van der Waals surface area contributed by atoms with Crippen LogP contribution in [0.3, 0.4) is 0 Å². The van der Waals surface area contributed by atoms with Crippen molar-refractivity contribution in [3.63, 3.8) is 0 Å². The molecule has 0 saturated heterocycles. The molecule has 1 atom stereocenters. The summed E-state index contributed by atoms with van der Waals surface area (Å²) in [6, 6.07) is 21.0. The quantitative estimate of drug-likeness (QED) is 0.530. The number of amides is 2. The molecule has 1 heterocycles. The summed E-state index contributed by atoms with van der Waals surface area (Å²) in [6.45, 7) is 2.64. The van der Waals surface area contributed by atoms with Crippen LogP contribution in [0.4, 0.5) is 14.9 Å². The van der Waals surface area contributed by atoms with E-state index in [-0.39, 0.29) is 18.0 Å². The maximum Gasteiger partial charge on any atom is 0.322 e. The lowest BCUT2D eigenvalue weighted by Crippen LogP contribution is -2.40. The molecule has 0 fully saturated rings. The molecular formula is C26H26FN3O3. The highest BCUT2D eigenvalue weighted by molar-refractivity contribution is 6.02. The van der Waals surface area contributed by atoms with Crippen molar-refractivity contribution in [3.05, 3.63) is 95.3 Å². The van der Waals surface area contributed by atoms with E-state index in [1.165, 1.54) is 12.1 Å². The van der Waals surface area contributed by atoms with Crippen LogP contribution in [0.15, 0.2) is 78.0 Å². The molecule has 0 radical (unpaired) electrons. The minimum absolute atomic E-state index is 0.288. The van der Waals surface area contributed by atoms with Gasteiger partial charge >= 0.3 is 6.03 Å². The maximum atomic E-state index is 13.4. The average molecular weight is 448 g/mol. The fourth-order valence-electron chi connectivity index (χ4n) is 3.80. The number of nitrogens with one attached hydrogen (secondary N) is 1. The van der Waals surface area contributed by atoms with Crippen molar-refractivity contribution in [2.24, 2.45) is 5.16 Å². The van der Waals surface area contributed by atoms with Crippen molar-refractivity contribution in [2.75, 3.05) is 19.0 Å². The number of aryl methyl sites for hydroxylation is 1. The van der Waals surface area contributed by atoms with Crippen molar-refractivity contribution >= 4 is 17.4 Å². The van der Waals surface area contributed by atoms with Crippen LogP contribution in [-0.2, 0) is 11.4 Å². The molecule has 0 spiro atoms. The van der Waals surface area contributed by atoms with Crippen LogP contribution in [0.2, 0.25) is 0 Å². The number of anilines is 1. The SMILES string of the molecule is COc1ccccc1NC(=O)N(Cc1ccc(F)cc1)C[C@@H]1CC(c2ccccc2C)=NO1. The van der Waals surface area contributed by atoms with Gasteiger partial charge in [-0.3, -0.25) is 0 Å². The van der Waals surface area contributed by atoms with Crippen LogP contribution in [0.1, 0.15) is 23.1 Å². The van der Waals surface area contributed by atoms with Crippen molar-refractivity contribution in [2.45, 2.75) is 26.0 Å². The molecule has 1 aliphatic rings. The fraction of sp³-hybridized carbons (Fsp3) is 0.231. The second-order valence-electron chi connectivity index (χ2n) is 7.92. The number of rotatable bonds is 7. The van der Waals surface area contributed by atoms with Crippen LogP contribution >= 0.6 is 0 Å². The predicted molar refractivity (Wildman–Crippen MR) is 126 cm³/mol. The number of methoxy groups -OCH3 is 1. The molecule has 6 nitrogen and oxygen atoms in total. The molecular weight excluding hydrogens is 421 g/mol. The van der Waals surface area contributed by atoms with Gasteiger partial charge in [0.15, 0.2) is 6.10 Å². The molecule has 3 aromatic carbocycles. The van der Waals surface area contributed by atoms with Crippen molar-refractivity contribution in [3.8, 4) is 5.75 Å². The summed E-state index contributed by atoms with van der Waals surface area (Å²) >= 11 is 0. The highest BCUT2D eigenvalue weighted by atomic mass is 19.1. The zero-order valence-electron chi connectivity index (χ0n) is 18.6. The van der Waals surface area contributed by atoms with Crippen LogP contribution < -0.4 is 10.1 Å². The lowest BCUT2D eigenvalue weighted by molar-refractivity contribution is 0.0608. The normalized spacial score (nSPS) is 14.9. The topological polar surface area (TPSA) is 63.2 Å². The fourth-order valence-corrected chi connectivity index (χ4v) is 3.80. The summed E-state index contributed by atoms with van der Waals surface area (Å²) < 4.78 is 18.7. The summed E-state index contributed by atoms with van der Waals surface area (Å²) in [6.07, 6.45) is 0.302. The largest absolute Gasteiger partial charge is 0.495 e. The van der Waals surface area contributed by atoms with Gasteiger partial charge in [-0.2, -0.15) is 0 Å². The Kier molecular flexibility index (Phi) is 6.88. The highest BCUT2D eigenvalue weighted by Gasteiger charge is 2.28. The lowest BCUT2D eigenvalue weighted by Gasteiger charge is -2.25. The van der Waals surface area contributed by atoms with Gasteiger partial charge < -0.3 is 19.8 Å². The van der Waals surface area contributed by atoms with E-state index in [0.717, 1.165) is 22.4 Å². The Morgan fingerprint density at radius 3 is 2.61 bits per heavy atom. The predicted octanol–water partition coefficient (Wildman–Crippen LogP) is 5.37. The molecule has 0 bridgehead atoms. The minimum atomic E-state index is -0.320. The highest BCUT2D eigenvalue weighted by Crippen LogP contribution is 2.25. The molecule has 2 amide bonds. The third-order valence-corrected chi connectivity index (χ3v) is 5.54. The van der Waals surface area contributed by atoms with Crippen LogP contribution in [0.5, 0.6) is 5.75 Å². The molecule has 1 N–H and O–H groups in total. The second kappa shape index (κ2) is 10.2. The van der Waals surface area contributed by atoms with E-state index in [4.69, 9.17) is 9.57 Å². The van der Waals surface area contributed by atoms with Gasteiger partial charge in [0, 0.05) is 18.5 Å². The molecule has 33 heavy (non-hydrogen) atoms. The van der Waals surface area contributed by atoms with E-state index in [9.17, 15) is 9.18 Å². The van der Waals surface area contributed by atoms with E-state index in [0.29, 0.717) is 30.9 Å². The van der Waals surface area contributed by atoms with Crippen molar-refractivity contribution in [1.82, 2.24) is 4.90 Å². The first-order valence-electron chi connectivity index (χ1n) is 10.8. The molecule has 0 aromatic heterocycles. The zero-order chi connectivity index (χ0) is 23.2. The first kappa shape index (κ1) is 22.3. The van der Waals surface area contributed by atoms with Crippen LogP contribution in [0.25, 0.3) is 0 Å². The first-order chi connectivity index (χ1) is 16.0. The molecule has 3 aromatic rings. The van der Waals surface area contributed by atoms with E-state index >= 15 is 0 Å². The molecule has 7 heteroatoms. The summed E-state index contributed by atoms with van der Waals surface area (Å²) in [7, 11) is 1.55. The lowest BCUT2D eigenvalue weighted by atomic mass is 10.0. The van der Waals surface area contributed by atoms with Gasteiger partial charge in [-0.25, -0.2) is 9.18 Å². The number of halogens is 1. The number of carbonyl (C=O) groups is 1. The second-order valence-corrected chi connectivity index (χ2v) is 7.92. The van der Waals surface area contributed by atoms with Gasteiger partial charge in [0.05, 0.1) is 25.1 Å². The smallest absolute Gasteiger partial charge is 0.322 e. The molecule has 1 aliphatic heterocycles. The average Bonchev–Trinajstić information content (AvgIpc) is 3.29. The number of benzene rings is 3. The molecule has 4 rings (SSSR count). The Morgan fingerprint density at radius 1 is 1.12 bits per heavy atom. The first-order valence-corrected chi connectivity index (χ1v) is 10.8. The standard InChI is InChI=1S/C26H26FN3O3/c1-18-7-3-4-8-22(18)24-15-21(33-29-24)17-30(16-19-11-13-20(27)14-12-19)26(31)28-23-9-5-6-10-25(23)32-2/h3-14,21H,15-17H2,1-2H3,(H,28,31)/t21-/m0/s1. The molecule has 0 unspecified atom stereocenters. The Balaban J connectivity index is 1.50. The summed E-state index contributed by atoms with van der Waals surface area (Å²) in [5.41, 5.74) is 4.41. The van der Waals surface area contributed by atoms with E-state index in [1.54, 1.807) is 36.3 Å². The number of nitrogens with zero attached hydrogens (tertiary/aromatic N) is 2. The van der Waals surface area contributed by atoms with Gasteiger partial charge in [-0.15, -0.1) is 0 Å². The Labute approximate surface area is 192 Å². The summed E-state index contributed by atoms with van der Waals surface area (Å²) in [5.74, 6) is 0.244. The van der Waals surface area contributed by atoms with Gasteiger partial charge in [0.2, 0.25) is 0 Å². The molecule has 0 aliphatic carbocycles. The summed E-state index contributed by atoms with van der Waals surface area (Å²) in [5, 5.41) is 7.19. The third-order valence-electron chi connectivity index (χ3n) is 5.54. The number of urea groups is 1. The van der Waals surface area contributed by atoms with Gasteiger partial charge in [0.1, 0.15) is 11.6 Å². The van der Waals surface area contributed by atoms with E-state index in [1.807, 2.05) is 43.3 Å². The van der Waals surface area contributed by atoms with Crippen LogP contribution in [-0.4, -0.2) is 36.4 Å². The van der Waals surface area contributed by atoms with E-state index in [2.05, 4.69) is 10.5 Å². The molecule has 0 saturated carbocycles. The minimum Gasteiger partial charge on any atom is -0.495 e. The van der Waals surface area contributed by atoms with Crippen molar-refractivity contribution < 1.29 is 18.8 Å². The van der Waals surface area contributed by atoms with Crippen LogP contribution in [0, 0.1) is 12.7 Å². The van der Waals surface area contributed by atoms with Gasteiger partial charge in [-0.05, 0) is 42.3 Å². The van der Waals surface area contributed by atoms with Gasteiger partial charge in [0.25, 0.3) is 0 Å². The number of carbonyl (C=O) groups excluding carboxylic acids is 1. The van der Waals surface area contributed by atoms with E-state index < -0.39 is 0 Å². The monoisotopic (exact) mass is 447 g/mol. The number of hydrogen-bond donors (Lipinski definition) is 1. The number of oxime groups is 1. The van der Waals surface area contributed by atoms with Gasteiger partial charge in [-0.1, -0.05) is 53.7 Å². The Bertz CT molecular complexity index is 1150.